The van der Waals surface area contributed by atoms with E-state index in [1.54, 1.807) is 0 Å². The van der Waals surface area contributed by atoms with E-state index in [1.807, 2.05) is 0 Å². The molecule has 0 spiro atoms. The summed E-state index contributed by atoms with van der Waals surface area (Å²) in [5.41, 5.74) is 0. The summed E-state index contributed by atoms with van der Waals surface area (Å²) >= 11 is 0. The highest BCUT2D eigenvalue weighted by molar-refractivity contribution is 5.69. The molecule has 0 radical (unpaired) electrons. The van der Waals surface area contributed by atoms with Gasteiger partial charge in [-0.15, -0.1) is 0 Å². The van der Waals surface area contributed by atoms with Gasteiger partial charge in [0.2, 0.25) is 6.54 Å². The van der Waals surface area contributed by atoms with Crippen LogP contribution in [0.25, 0.3) is 0 Å². The zero-order valence-electron chi connectivity index (χ0n) is 15.6. The van der Waals surface area contributed by atoms with Crippen molar-refractivity contribution in [3.8, 4) is 0 Å². The molecule has 0 heterocycles. The fourth-order valence-corrected chi connectivity index (χ4v) is 2.71. The number of esters is 1. The van der Waals surface area contributed by atoms with E-state index in [0.29, 0.717) is 19.4 Å². The number of hydrogen-bond acceptors (Lipinski definition) is 4. The van der Waals surface area contributed by atoms with Crippen LogP contribution in [0.3, 0.4) is 0 Å². The fourth-order valence-electron chi connectivity index (χ4n) is 2.71. The van der Waals surface area contributed by atoms with Gasteiger partial charge in [0.05, 0.1) is 6.61 Å². The Morgan fingerprint density at radius 3 is 1.88 bits per heavy atom. The molecule has 0 fully saturated rings. The molecule has 0 bridgehead atoms. The molecule has 0 aliphatic rings. The van der Waals surface area contributed by atoms with Gasteiger partial charge in [0.25, 0.3) is 0 Å². The molecule has 142 valence electrons. The van der Waals surface area contributed by atoms with E-state index in [-0.39, 0.29) is 17.4 Å². The minimum atomic E-state index is -0.270. The van der Waals surface area contributed by atoms with Gasteiger partial charge in [-0.25, -0.2) is 0 Å². The molecular formula is C19H37NO4. The highest BCUT2D eigenvalue weighted by Gasteiger charge is 2.03. The first-order valence-corrected chi connectivity index (χ1v) is 9.94. The van der Waals surface area contributed by atoms with E-state index in [0.717, 1.165) is 38.5 Å². The van der Waals surface area contributed by atoms with Gasteiger partial charge in [-0.1, -0.05) is 71.1 Å². The Morgan fingerprint density at radius 2 is 1.29 bits per heavy atom. The van der Waals surface area contributed by atoms with Crippen molar-refractivity contribution in [2.24, 2.45) is 0 Å². The van der Waals surface area contributed by atoms with Crippen LogP contribution < -0.4 is 0 Å². The molecule has 0 amide bonds. The Morgan fingerprint density at radius 1 is 0.792 bits per heavy atom. The van der Waals surface area contributed by atoms with Crippen molar-refractivity contribution in [1.29, 1.82) is 0 Å². The Labute approximate surface area is 147 Å². The molecule has 0 aromatic heterocycles. The van der Waals surface area contributed by atoms with Crippen molar-refractivity contribution >= 4 is 5.97 Å². The highest BCUT2D eigenvalue weighted by atomic mass is 16.6. The first-order valence-electron chi connectivity index (χ1n) is 9.94. The van der Waals surface area contributed by atoms with Crippen molar-refractivity contribution in [2.75, 3.05) is 13.2 Å². The molecular weight excluding hydrogens is 306 g/mol. The van der Waals surface area contributed by atoms with E-state index >= 15 is 0 Å². The van der Waals surface area contributed by atoms with Crippen LogP contribution in [0.15, 0.2) is 0 Å². The van der Waals surface area contributed by atoms with E-state index in [9.17, 15) is 14.9 Å². The molecule has 0 unspecified atom stereocenters. The molecule has 0 saturated heterocycles. The van der Waals surface area contributed by atoms with Crippen molar-refractivity contribution in [3.05, 3.63) is 10.1 Å². The van der Waals surface area contributed by atoms with E-state index in [2.05, 4.69) is 6.92 Å². The molecule has 0 rings (SSSR count). The predicted octanol–water partition coefficient (Wildman–Crippen LogP) is 5.68. The maximum Gasteiger partial charge on any atom is 0.305 e. The monoisotopic (exact) mass is 343 g/mol. The molecule has 5 nitrogen and oxygen atoms in total. The summed E-state index contributed by atoms with van der Waals surface area (Å²) in [6.07, 6.45) is 16.1. The average Bonchev–Trinajstić information content (AvgIpc) is 2.55. The van der Waals surface area contributed by atoms with Crippen LogP contribution in [0.4, 0.5) is 0 Å². The minimum absolute atomic E-state index is 0.0632. The molecule has 24 heavy (non-hydrogen) atoms. The number of carbonyl (C=O) groups is 1. The summed E-state index contributed by atoms with van der Waals surface area (Å²) in [6, 6.07) is 0. The molecule has 0 aromatic carbocycles. The van der Waals surface area contributed by atoms with Crippen LogP contribution in [0.1, 0.15) is 103 Å². The van der Waals surface area contributed by atoms with Crippen molar-refractivity contribution in [2.45, 2.75) is 103 Å². The second-order valence-corrected chi connectivity index (χ2v) is 6.62. The summed E-state index contributed by atoms with van der Waals surface area (Å²) in [7, 11) is 0. The first-order chi connectivity index (χ1) is 11.7. The molecule has 5 heteroatoms. The number of rotatable bonds is 18. The van der Waals surface area contributed by atoms with Gasteiger partial charge in [0, 0.05) is 17.8 Å². The topological polar surface area (TPSA) is 69.4 Å². The quantitative estimate of drug-likeness (QED) is 0.139. The SMILES string of the molecule is CCCCCCCCCCCC(=O)OCCCCCCC[N+](=O)[O-]. The van der Waals surface area contributed by atoms with E-state index < -0.39 is 0 Å². The fraction of sp³-hybridized carbons (Fsp3) is 0.947. The highest BCUT2D eigenvalue weighted by Crippen LogP contribution is 2.11. The van der Waals surface area contributed by atoms with Gasteiger partial charge < -0.3 is 4.74 Å². The summed E-state index contributed by atoms with van der Waals surface area (Å²) in [6.45, 7) is 2.79. The predicted molar refractivity (Wildman–Crippen MR) is 97.7 cm³/mol. The number of hydrogen-bond donors (Lipinski definition) is 0. The van der Waals surface area contributed by atoms with Crippen LogP contribution >= 0.6 is 0 Å². The van der Waals surface area contributed by atoms with Crippen LogP contribution in [0.5, 0.6) is 0 Å². The van der Waals surface area contributed by atoms with Gasteiger partial charge in [-0.2, -0.15) is 0 Å². The van der Waals surface area contributed by atoms with Gasteiger partial charge in [0.1, 0.15) is 0 Å². The zero-order chi connectivity index (χ0) is 17.9. The smallest absolute Gasteiger partial charge is 0.305 e. The van der Waals surface area contributed by atoms with E-state index in [1.165, 1.54) is 44.9 Å². The van der Waals surface area contributed by atoms with Crippen LogP contribution in [-0.2, 0) is 9.53 Å². The summed E-state index contributed by atoms with van der Waals surface area (Å²) in [5, 5.41) is 10.2. The number of unbranched alkanes of at least 4 members (excludes halogenated alkanes) is 12. The second-order valence-electron chi connectivity index (χ2n) is 6.62. The van der Waals surface area contributed by atoms with Crippen LogP contribution in [0, 0.1) is 10.1 Å². The summed E-state index contributed by atoms with van der Waals surface area (Å²) < 4.78 is 5.21. The third kappa shape index (κ3) is 18.9. The Bertz CT molecular complexity index is 308. The van der Waals surface area contributed by atoms with Gasteiger partial charge >= 0.3 is 5.97 Å². The maximum absolute atomic E-state index is 11.6. The van der Waals surface area contributed by atoms with Crippen molar-refractivity contribution < 1.29 is 14.5 Å². The van der Waals surface area contributed by atoms with Crippen LogP contribution in [-0.4, -0.2) is 24.0 Å². The number of nitrogens with zero attached hydrogens (tertiary/aromatic N) is 1. The second kappa shape index (κ2) is 18.2. The van der Waals surface area contributed by atoms with Gasteiger partial charge in [-0.05, 0) is 19.3 Å². The number of carbonyl (C=O) groups excluding carboxylic acids is 1. The normalized spacial score (nSPS) is 10.7. The lowest BCUT2D eigenvalue weighted by Crippen LogP contribution is -2.05. The number of ether oxygens (including phenoxy) is 1. The Kier molecular flexibility index (Phi) is 17.4. The molecule has 0 aliphatic heterocycles. The largest absolute Gasteiger partial charge is 0.466 e. The Balaban J connectivity index is 3.17. The lowest BCUT2D eigenvalue weighted by Gasteiger charge is -2.05. The summed E-state index contributed by atoms with van der Waals surface area (Å²) in [5.74, 6) is -0.0775. The average molecular weight is 344 g/mol. The lowest BCUT2D eigenvalue weighted by atomic mass is 10.1. The van der Waals surface area contributed by atoms with Gasteiger partial charge in [0.15, 0.2) is 0 Å². The third-order valence-electron chi connectivity index (χ3n) is 4.23. The van der Waals surface area contributed by atoms with Crippen molar-refractivity contribution in [3.63, 3.8) is 0 Å². The van der Waals surface area contributed by atoms with Crippen LogP contribution in [0.2, 0.25) is 0 Å². The van der Waals surface area contributed by atoms with Crippen molar-refractivity contribution in [1.82, 2.24) is 0 Å². The standard InChI is InChI=1S/C19H37NO4/c1-2-3-4-5-6-7-8-10-13-16-19(21)24-18-15-12-9-11-14-17-20(22)23/h2-18H2,1H3. The lowest BCUT2D eigenvalue weighted by molar-refractivity contribution is -0.480. The minimum Gasteiger partial charge on any atom is -0.466 e. The molecule has 0 saturated carbocycles. The number of nitro groups is 1. The van der Waals surface area contributed by atoms with E-state index in [4.69, 9.17) is 4.74 Å². The Hall–Kier alpha value is -1.13. The maximum atomic E-state index is 11.6. The molecule has 0 atom stereocenters. The summed E-state index contributed by atoms with van der Waals surface area (Å²) in [4.78, 5) is 21.4. The molecule has 0 aromatic rings. The van der Waals surface area contributed by atoms with Gasteiger partial charge in [-0.3, -0.25) is 14.9 Å². The molecule has 0 aliphatic carbocycles. The third-order valence-corrected chi connectivity index (χ3v) is 4.23. The first kappa shape index (κ1) is 22.9. The zero-order valence-corrected chi connectivity index (χ0v) is 15.6. The molecule has 0 N–H and O–H groups in total.